The Bertz CT molecular complexity index is 1020. The lowest BCUT2D eigenvalue weighted by atomic mass is 9.56. The van der Waals surface area contributed by atoms with Crippen LogP contribution in [-0.2, 0) is 22.1 Å². The summed E-state index contributed by atoms with van der Waals surface area (Å²) in [5.74, 6) is 4.61. The molecular weight excluding hydrogens is 444 g/mol. The minimum absolute atomic E-state index is 0.0670. The number of halogens is 4. The van der Waals surface area contributed by atoms with Gasteiger partial charge in [0, 0.05) is 43.1 Å². The maximum Gasteiger partial charge on any atom is 0.416 e. The molecule has 4 fully saturated rings. The fourth-order valence-corrected chi connectivity index (χ4v) is 9.13. The minimum atomic E-state index is -4.54. The zero-order valence-electron chi connectivity index (χ0n) is 17.9. The Morgan fingerprint density at radius 1 is 1.09 bits per heavy atom. The molecule has 0 unspecified atom stereocenters. The van der Waals surface area contributed by atoms with Crippen LogP contribution < -0.4 is 0 Å². The molecule has 1 aliphatic carbocycles. The lowest BCUT2D eigenvalue weighted by Gasteiger charge is -2.60. The molecule has 4 aliphatic rings. The number of alkyl halides is 3. The van der Waals surface area contributed by atoms with E-state index in [1.54, 1.807) is 0 Å². The van der Waals surface area contributed by atoms with Crippen LogP contribution in [-0.4, -0.2) is 63.6 Å². The van der Waals surface area contributed by atoms with Gasteiger partial charge in [-0.05, 0) is 76.5 Å². The van der Waals surface area contributed by atoms with E-state index in [2.05, 4.69) is 5.87 Å². The number of urea groups is 1. The number of benzene rings is 1. The topological polar surface area (TPSA) is 40.6 Å². The summed E-state index contributed by atoms with van der Waals surface area (Å²) in [6, 6.07) is 2.84. The van der Waals surface area contributed by atoms with E-state index in [9.17, 15) is 26.6 Å². The normalized spacial score (nSPS) is 25.9. The molecule has 176 valence electrons. The molecular formula is C23H28F4N2O2S. The van der Waals surface area contributed by atoms with E-state index in [1.807, 2.05) is 9.80 Å². The summed E-state index contributed by atoms with van der Waals surface area (Å²) in [7, 11) is -1.87. The number of likely N-dealkylation sites (tertiary alicyclic amines) is 2. The Morgan fingerprint density at radius 3 is 2.25 bits per heavy atom. The van der Waals surface area contributed by atoms with E-state index < -0.39 is 27.1 Å². The molecule has 2 spiro atoms. The number of hydrogen-bond acceptors (Lipinski definition) is 2. The number of amides is 2. The average Bonchev–Trinajstić information content (AvgIpc) is 2.61. The van der Waals surface area contributed by atoms with Crippen molar-refractivity contribution in [2.45, 2.75) is 38.3 Å². The summed E-state index contributed by atoms with van der Waals surface area (Å²) in [5, 5.41) is 0. The van der Waals surface area contributed by atoms with Gasteiger partial charge in [-0.3, -0.25) is 4.21 Å². The Hall–Kier alpha value is -1.77. The van der Waals surface area contributed by atoms with Crippen LogP contribution in [0.5, 0.6) is 0 Å². The van der Waals surface area contributed by atoms with Crippen LogP contribution in [0.1, 0.15) is 36.8 Å². The maximum absolute atomic E-state index is 14.1. The molecule has 1 saturated carbocycles. The molecule has 4 nitrogen and oxygen atoms in total. The van der Waals surface area contributed by atoms with Crippen LogP contribution in [0, 0.1) is 22.6 Å². The first-order valence-corrected chi connectivity index (χ1v) is 13.2. The van der Waals surface area contributed by atoms with Crippen molar-refractivity contribution in [1.82, 2.24) is 9.80 Å². The third-order valence-electron chi connectivity index (χ3n) is 7.89. The minimum Gasteiger partial charge on any atom is -0.325 e. The molecule has 3 aliphatic heterocycles. The summed E-state index contributed by atoms with van der Waals surface area (Å²) in [6.45, 7) is 2.81. The van der Waals surface area contributed by atoms with Crippen LogP contribution in [0.4, 0.5) is 22.4 Å². The van der Waals surface area contributed by atoms with E-state index in [4.69, 9.17) is 0 Å². The molecule has 0 aromatic heterocycles. The quantitative estimate of drug-likeness (QED) is 0.482. The highest BCUT2D eigenvalue weighted by Gasteiger charge is 2.55. The molecule has 0 atom stereocenters. The summed E-state index contributed by atoms with van der Waals surface area (Å²) in [5.41, 5.74) is -0.416. The molecule has 2 amide bonds. The van der Waals surface area contributed by atoms with Crippen LogP contribution in [0.15, 0.2) is 18.2 Å². The Morgan fingerprint density at radius 2 is 1.72 bits per heavy atom. The van der Waals surface area contributed by atoms with Gasteiger partial charge in [0.05, 0.1) is 5.56 Å². The lowest BCUT2D eigenvalue weighted by molar-refractivity contribution is -0.137. The van der Waals surface area contributed by atoms with E-state index >= 15 is 0 Å². The van der Waals surface area contributed by atoms with Crippen LogP contribution in [0.3, 0.4) is 0 Å². The zero-order valence-corrected chi connectivity index (χ0v) is 18.7. The number of nitrogens with zero attached hydrogens (tertiary/aromatic N) is 2. The highest BCUT2D eigenvalue weighted by Crippen LogP contribution is 2.53. The van der Waals surface area contributed by atoms with E-state index in [1.165, 1.54) is 6.07 Å². The largest absolute Gasteiger partial charge is 0.416 e. The highest BCUT2D eigenvalue weighted by atomic mass is 32.2. The Balaban J connectivity index is 1.08. The van der Waals surface area contributed by atoms with Gasteiger partial charge in [-0.2, -0.15) is 13.2 Å². The number of hydrogen-bond donors (Lipinski definition) is 0. The predicted molar refractivity (Wildman–Crippen MR) is 115 cm³/mol. The van der Waals surface area contributed by atoms with Crippen molar-refractivity contribution < 1.29 is 26.6 Å². The third kappa shape index (κ3) is 3.90. The SMILES string of the molecule is C=S1(=O)CC2(CCN(C(=O)N3CC4(CC(Cc5ccc(C(F)(F)F)cc5F)C4)C3)CC2)C1. The smallest absolute Gasteiger partial charge is 0.325 e. The van der Waals surface area contributed by atoms with Gasteiger partial charge in [-0.25, -0.2) is 9.18 Å². The molecule has 32 heavy (non-hydrogen) atoms. The van der Waals surface area contributed by atoms with Crippen LogP contribution >= 0.6 is 0 Å². The van der Waals surface area contributed by atoms with Crippen LogP contribution in [0.2, 0.25) is 0 Å². The van der Waals surface area contributed by atoms with Gasteiger partial charge in [0.2, 0.25) is 0 Å². The molecule has 3 heterocycles. The number of rotatable bonds is 2. The second-order valence-corrected chi connectivity index (χ2v) is 13.2. The first-order chi connectivity index (χ1) is 14.9. The van der Waals surface area contributed by atoms with E-state index in [0.717, 1.165) is 31.7 Å². The molecule has 1 aromatic carbocycles. The van der Waals surface area contributed by atoms with Gasteiger partial charge >= 0.3 is 12.2 Å². The summed E-state index contributed by atoms with van der Waals surface area (Å²) in [4.78, 5) is 16.6. The molecule has 9 heteroatoms. The number of piperidine rings is 1. The molecule has 0 bridgehead atoms. The summed E-state index contributed by atoms with van der Waals surface area (Å²) < 4.78 is 64.2. The first kappa shape index (κ1) is 22.0. The standard InChI is InChI=1S/C23H28F4N2O2S/c1-32(31)14-21(15-32)4-6-28(7-5-21)20(30)29-12-22(13-29)10-16(11-22)8-17-2-3-18(9-19(17)24)23(25,26)27/h2-3,9,16H,1,4-8,10-15H2. The van der Waals surface area contributed by atoms with Gasteiger partial charge in [-0.15, -0.1) is 0 Å². The molecule has 0 radical (unpaired) electrons. The number of carbonyl (C=O) groups is 1. The van der Waals surface area contributed by atoms with Crippen molar-refractivity contribution in [2.75, 3.05) is 37.7 Å². The fourth-order valence-electron chi connectivity index (χ4n) is 6.40. The summed E-state index contributed by atoms with van der Waals surface area (Å²) in [6.07, 6.45) is -0.570. The summed E-state index contributed by atoms with van der Waals surface area (Å²) >= 11 is 0. The second-order valence-electron chi connectivity index (χ2n) is 10.7. The van der Waals surface area contributed by atoms with Crippen molar-refractivity contribution >= 4 is 21.4 Å². The number of carbonyl (C=O) groups excluding carboxylic acids is 1. The van der Waals surface area contributed by atoms with Crippen LogP contribution in [0.25, 0.3) is 0 Å². The highest BCUT2D eigenvalue weighted by molar-refractivity contribution is 8.01. The van der Waals surface area contributed by atoms with Crippen molar-refractivity contribution in [2.24, 2.45) is 16.7 Å². The predicted octanol–water partition coefficient (Wildman–Crippen LogP) is 4.03. The average molecular weight is 473 g/mol. The lowest BCUT2D eigenvalue weighted by Crippen LogP contribution is -2.67. The van der Waals surface area contributed by atoms with Gasteiger partial charge in [0.15, 0.2) is 0 Å². The van der Waals surface area contributed by atoms with Gasteiger partial charge in [0.25, 0.3) is 0 Å². The van der Waals surface area contributed by atoms with E-state index in [-0.39, 0.29) is 22.8 Å². The van der Waals surface area contributed by atoms with E-state index in [0.29, 0.717) is 55.7 Å². The second kappa shape index (κ2) is 7.11. The first-order valence-electron chi connectivity index (χ1n) is 11.1. The fraction of sp³-hybridized carbons (Fsp3) is 0.652. The molecule has 5 rings (SSSR count). The molecule has 1 aromatic rings. The van der Waals surface area contributed by atoms with Crippen molar-refractivity contribution in [1.29, 1.82) is 0 Å². The maximum atomic E-state index is 14.1. The van der Waals surface area contributed by atoms with Crippen molar-refractivity contribution in [3.63, 3.8) is 0 Å². The van der Waals surface area contributed by atoms with Gasteiger partial charge < -0.3 is 9.80 Å². The van der Waals surface area contributed by atoms with Gasteiger partial charge in [0.1, 0.15) is 5.82 Å². The monoisotopic (exact) mass is 472 g/mol. The Kier molecular flexibility index (Phi) is 4.90. The van der Waals surface area contributed by atoms with Gasteiger partial charge in [-0.1, -0.05) is 6.07 Å². The third-order valence-corrected chi connectivity index (χ3v) is 10.2. The van der Waals surface area contributed by atoms with Crippen molar-refractivity contribution in [3.8, 4) is 0 Å². The Labute approximate surface area is 186 Å². The molecule has 3 saturated heterocycles. The molecule has 0 N–H and O–H groups in total. The van der Waals surface area contributed by atoms with Crippen molar-refractivity contribution in [3.05, 3.63) is 35.1 Å². The zero-order chi connectivity index (χ0) is 22.9.